The van der Waals surface area contributed by atoms with Gasteiger partial charge in [0.25, 0.3) is 5.91 Å². The lowest BCUT2D eigenvalue weighted by molar-refractivity contribution is 0.0946. The lowest BCUT2D eigenvalue weighted by Crippen LogP contribution is -2.24. The van der Waals surface area contributed by atoms with Gasteiger partial charge in [0.2, 0.25) is 0 Å². The van der Waals surface area contributed by atoms with E-state index in [4.69, 9.17) is 16.3 Å². The van der Waals surface area contributed by atoms with Crippen LogP contribution in [0.5, 0.6) is 5.75 Å². The zero-order valence-electron chi connectivity index (χ0n) is 15.3. The molecular weight excluding hydrogens is 397 g/mol. The van der Waals surface area contributed by atoms with Crippen LogP contribution < -0.4 is 10.1 Å². The predicted molar refractivity (Wildman–Crippen MR) is 105 cm³/mol. The first-order valence-electron chi connectivity index (χ1n) is 8.64. The number of nitrogens with zero attached hydrogens (tertiary/aromatic N) is 4. The van der Waals surface area contributed by atoms with E-state index in [1.54, 1.807) is 36.4 Å². The quantitative estimate of drug-likeness (QED) is 0.543. The molecule has 0 fully saturated rings. The number of hydrogen-bond acceptors (Lipinski definition) is 5. The Labute approximate surface area is 170 Å². The highest BCUT2D eigenvalue weighted by molar-refractivity contribution is 6.31. The van der Waals surface area contributed by atoms with Crippen molar-refractivity contribution in [2.24, 2.45) is 0 Å². The van der Waals surface area contributed by atoms with Crippen molar-refractivity contribution in [2.45, 2.75) is 6.54 Å². The number of aromatic nitrogens is 4. The summed E-state index contributed by atoms with van der Waals surface area (Å²) in [5.74, 6) is 0.169. The van der Waals surface area contributed by atoms with Crippen molar-refractivity contribution in [3.8, 4) is 17.0 Å². The van der Waals surface area contributed by atoms with E-state index < -0.39 is 0 Å². The van der Waals surface area contributed by atoms with Crippen molar-refractivity contribution in [1.29, 1.82) is 0 Å². The van der Waals surface area contributed by atoms with Crippen molar-refractivity contribution in [3.05, 3.63) is 76.8 Å². The molecule has 4 aromatic rings. The summed E-state index contributed by atoms with van der Waals surface area (Å²) < 4.78 is 19.9. The summed E-state index contributed by atoms with van der Waals surface area (Å²) in [4.78, 5) is 12.6. The van der Waals surface area contributed by atoms with Crippen LogP contribution in [0.15, 0.2) is 54.6 Å². The molecule has 146 valence electrons. The second kappa shape index (κ2) is 7.84. The highest BCUT2D eigenvalue weighted by Crippen LogP contribution is 2.22. The van der Waals surface area contributed by atoms with Gasteiger partial charge in [-0.25, -0.2) is 4.39 Å². The number of benzene rings is 2. The van der Waals surface area contributed by atoms with Crippen molar-refractivity contribution >= 4 is 23.2 Å². The zero-order valence-corrected chi connectivity index (χ0v) is 16.0. The molecule has 0 spiro atoms. The van der Waals surface area contributed by atoms with Crippen LogP contribution in [0.25, 0.3) is 16.9 Å². The fourth-order valence-electron chi connectivity index (χ4n) is 2.83. The van der Waals surface area contributed by atoms with Crippen LogP contribution in [-0.2, 0) is 6.54 Å². The fourth-order valence-corrected chi connectivity index (χ4v) is 3.00. The van der Waals surface area contributed by atoms with E-state index in [1.165, 1.54) is 29.8 Å². The molecule has 0 aliphatic carbocycles. The van der Waals surface area contributed by atoms with Crippen molar-refractivity contribution in [2.75, 3.05) is 7.11 Å². The second-order valence-electron chi connectivity index (χ2n) is 6.14. The van der Waals surface area contributed by atoms with Gasteiger partial charge in [0.15, 0.2) is 11.5 Å². The van der Waals surface area contributed by atoms with Crippen molar-refractivity contribution < 1.29 is 13.9 Å². The summed E-state index contributed by atoms with van der Waals surface area (Å²) in [5, 5.41) is 15.9. The van der Waals surface area contributed by atoms with Gasteiger partial charge < -0.3 is 10.1 Å². The van der Waals surface area contributed by atoms with Gasteiger partial charge in [0.1, 0.15) is 11.6 Å². The Kier molecular flexibility index (Phi) is 5.09. The number of carbonyl (C=O) groups excluding carboxylic acids is 1. The minimum absolute atomic E-state index is 0.0928. The fraction of sp³-hybridized carbons (Fsp3) is 0.100. The molecule has 1 amide bonds. The Morgan fingerprint density at radius 1 is 1.14 bits per heavy atom. The van der Waals surface area contributed by atoms with Crippen molar-refractivity contribution in [1.82, 2.24) is 25.1 Å². The van der Waals surface area contributed by atoms with Crippen LogP contribution >= 0.6 is 11.6 Å². The molecule has 0 atom stereocenters. The smallest absolute Gasteiger partial charge is 0.255 e. The first-order chi connectivity index (χ1) is 14.0. The van der Waals surface area contributed by atoms with E-state index >= 15 is 0 Å². The number of amides is 1. The number of carbonyl (C=O) groups is 1. The van der Waals surface area contributed by atoms with Gasteiger partial charge in [-0.15, -0.1) is 10.2 Å². The minimum atomic E-state index is -0.365. The largest absolute Gasteiger partial charge is 0.496 e. The summed E-state index contributed by atoms with van der Waals surface area (Å²) in [6.45, 7) is 0.0928. The number of methoxy groups -OCH3 is 1. The summed E-state index contributed by atoms with van der Waals surface area (Å²) >= 11 is 5.99. The van der Waals surface area contributed by atoms with Crippen LogP contribution in [-0.4, -0.2) is 32.8 Å². The molecule has 29 heavy (non-hydrogen) atoms. The molecule has 0 aliphatic rings. The minimum Gasteiger partial charge on any atom is -0.496 e. The Balaban J connectivity index is 1.58. The third-order valence-electron chi connectivity index (χ3n) is 4.28. The van der Waals surface area contributed by atoms with Crippen LogP contribution in [0.2, 0.25) is 5.02 Å². The highest BCUT2D eigenvalue weighted by atomic mass is 35.5. The van der Waals surface area contributed by atoms with E-state index in [1.807, 2.05) is 0 Å². The molecule has 0 aliphatic heterocycles. The Morgan fingerprint density at radius 2 is 1.93 bits per heavy atom. The maximum atomic E-state index is 13.2. The molecular formula is C20H15ClFN5O2. The molecule has 4 rings (SSSR count). The molecule has 2 aromatic carbocycles. The Hall–Kier alpha value is -3.52. The summed E-state index contributed by atoms with van der Waals surface area (Å²) in [6, 6.07) is 14.3. The lowest BCUT2D eigenvalue weighted by Gasteiger charge is -2.09. The number of ether oxygens (including phenoxy) is 1. The third-order valence-corrected chi connectivity index (χ3v) is 4.52. The first-order valence-corrected chi connectivity index (χ1v) is 9.02. The van der Waals surface area contributed by atoms with Gasteiger partial charge in [-0.3, -0.25) is 4.79 Å². The molecule has 1 N–H and O–H groups in total. The average molecular weight is 412 g/mol. The van der Waals surface area contributed by atoms with E-state index in [0.717, 1.165) is 5.56 Å². The summed E-state index contributed by atoms with van der Waals surface area (Å²) in [5.41, 5.74) is 2.22. The van der Waals surface area contributed by atoms with E-state index in [0.29, 0.717) is 33.5 Å². The number of hydrogen-bond donors (Lipinski definition) is 1. The molecule has 0 unspecified atom stereocenters. The molecule has 0 saturated heterocycles. The Morgan fingerprint density at radius 3 is 2.69 bits per heavy atom. The highest BCUT2D eigenvalue weighted by Gasteiger charge is 2.15. The van der Waals surface area contributed by atoms with Gasteiger partial charge in [0.05, 0.1) is 24.9 Å². The molecule has 0 saturated carbocycles. The maximum absolute atomic E-state index is 13.2. The summed E-state index contributed by atoms with van der Waals surface area (Å²) in [6.07, 6.45) is 0. The molecule has 7 nitrogen and oxygen atoms in total. The summed E-state index contributed by atoms with van der Waals surface area (Å²) in [7, 11) is 1.48. The number of rotatable bonds is 5. The predicted octanol–water partition coefficient (Wildman–Crippen LogP) is 3.52. The average Bonchev–Trinajstić information content (AvgIpc) is 3.14. The van der Waals surface area contributed by atoms with Gasteiger partial charge in [-0.2, -0.15) is 9.61 Å². The number of fused-ring (bicyclic) bond motifs is 1. The van der Waals surface area contributed by atoms with Crippen LogP contribution in [0.3, 0.4) is 0 Å². The van der Waals surface area contributed by atoms with Crippen LogP contribution in [0.1, 0.15) is 16.2 Å². The first kappa shape index (κ1) is 18.8. The van der Waals surface area contributed by atoms with Gasteiger partial charge in [-0.1, -0.05) is 11.6 Å². The van der Waals surface area contributed by atoms with Crippen molar-refractivity contribution in [3.63, 3.8) is 0 Å². The molecule has 2 heterocycles. The third kappa shape index (κ3) is 3.88. The SMILES string of the molecule is COc1ccc(Cl)cc1C(=O)NCc1nnc2ccc(-c3ccc(F)cc3)nn12. The maximum Gasteiger partial charge on any atom is 0.255 e. The van der Waals surface area contributed by atoms with E-state index in [9.17, 15) is 9.18 Å². The van der Waals surface area contributed by atoms with Crippen LogP contribution in [0, 0.1) is 5.82 Å². The topological polar surface area (TPSA) is 81.4 Å². The van der Waals surface area contributed by atoms with E-state index in [-0.39, 0.29) is 18.3 Å². The molecule has 0 bridgehead atoms. The second-order valence-corrected chi connectivity index (χ2v) is 6.58. The number of halogens is 2. The molecule has 9 heteroatoms. The lowest BCUT2D eigenvalue weighted by atomic mass is 10.1. The molecule has 2 aromatic heterocycles. The van der Waals surface area contributed by atoms with Gasteiger partial charge >= 0.3 is 0 Å². The van der Waals surface area contributed by atoms with Gasteiger partial charge in [0, 0.05) is 10.6 Å². The zero-order chi connectivity index (χ0) is 20.4. The van der Waals surface area contributed by atoms with E-state index in [2.05, 4.69) is 20.6 Å². The standard InChI is InChI=1S/C20H15ClFN5O2/c1-29-17-8-4-13(21)10-15(17)20(28)23-11-19-25-24-18-9-7-16(26-27(18)19)12-2-5-14(22)6-3-12/h2-10H,11H2,1H3,(H,23,28). The van der Waals surface area contributed by atoms with Crippen LogP contribution in [0.4, 0.5) is 4.39 Å². The number of nitrogens with one attached hydrogen (secondary N) is 1. The molecule has 0 radical (unpaired) electrons. The normalized spacial score (nSPS) is 10.9. The monoisotopic (exact) mass is 411 g/mol. The van der Waals surface area contributed by atoms with Gasteiger partial charge in [-0.05, 0) is 54.6 Å². The Bertz CT molecular complexity index is 1190.